The summed E-state index contributed by atoms with van der Waals surface area (Å²) in [5, 5.41) is 42.2. The van der Waals surface area contributed by atoms with Crippen molar-refractivity contribution in [3.05, 3.63) is 34.0 Å². The highest BCUT2D eigenvalue weighted by atomic mass is 32.1. The van der Waals surface area contributed by atoms with Crippen LogP contribution in [0.4, 0.5) is 0 Å². The molecule has 2 fully saturated rings. The zero-order valence-corrected chi connectivity index (χ0v) is 14.6. The molecule has 25 heavy (non-hydrogen) atoms. The van der Waals surface area contributed by atoms with Gasteiger partial charge >= 0.3 is 0 Å². The average molecular weight is 347 g/mol. The smallest absolute Gasteiger partial charge is 0.189 e. The topological polar surface area (TPSA) is 98.5 Å². The molecule has 1 aromatic heterocycles. The molecular weight excluding hydrogens is 330 g/mol. The summed E-state index contributed by atoms with van der Waals surface area (Å²) in [5.74, 6) is -1.24. The molecule has 0 amide bonds. The fraction of sp³-hybridized carbons (Fsp3) is 0.474. The standard InChI is InChI=1S/C19H17N5S/c1-24-12-2-3-15(24)16-13(6-12)14(7-20)18(23)19(9-21,10-22)17(16)11-4-5-25-8-11/h4-6,8,12,14-17,23H,2-3H2,1H3. The first kappa shape index (κ1) is 16.0. The maximum atomic E-state index is 9.97. The molecule has 1 saturated heterocycles. The highest BCUT2D eigenvalue weighted by molar-refractivity contribution is 7.08. The van der Waals surface area contributed by atoms with Gasteiger partial charge in [-0.1, -0.05) is 6.08 Å². The van der Waals surface area contributed by atoms with Gasteiger partial charge in [0.05, 0.1) is 23.9 Å². The van der Waals surface area contributed by atoms with E-state index in [0.717, 1.165) is 24.0 Å². The molecule has 1 aliphatic carbocycles. The highest BCUT2D eigenvalue weighted by Crippen LogP contribution is 2.57. The number of nitrogens with zero attached hydrogens (tertiary/aromatic N) is 4. The molecule has 3 aliphatic rings. The number of likely N-dealkylation sites (N-methyl/N-ethyl adjacent to an activating group) is 1. The van der Waals surface area contributed by atoms with Crippen molar-refractivity contribution < 1.29 is 0 Å². The summed E-state index contributed by atoms with van der Waals surface area (Å²) < 4.78 is 0. The fourth-order valence-electron chi connectivity index (χ4n) is 5.05. The summed E-state index contributed by atoms with van der Waals surface area (Å²) >= 11 is 1.53. The minimum Gasteiger partial charge on any atom is -0.305 e. The third-order valence-corrected chi connectivity index (χ3v) is 6.95. The number of nitrogens with one attached hydrogen (secondary N) is 1. The van der Waals surface area contributed by atoms with E-state index >= 15 is 0 Å². The third-order valence-electron chi connectivity index (χ3n) is 6.25. The second-order valence-electron chi connectivity index (χ2n) is 7.11. The van der Waals surface area contributed by atoms with Gasteiger partial charge < -0.3 is 5.41 Å². The molecule has 6 heteroatoms. The lowest BCUT2D eigenvalue weighted by Gasteiger charge is -2.50. The van der Waals surface area contributed by atoms with Crippen molar-refractivity contribution in [1.29, 1.82) is 21.2 Å². The Balaban J connectivity index is 1.99. The second-order valence-corrected chi connectivity index (χ2v) is 7.89. The van der Waals surface area contributed by atoms with Crippen LogP contribution in [0.5, 0.6) is 0 Å². The van der Waals surface area contributed by atoms with Gasteiger partial charge in [0.1, 0.15) is 5.92 Å². The van der Waals surface area contributed by atoms with Crippen LogP contribution in [0.15, 0.2) is 28.5 Å². The Morgan fingerprint density at radius 1 is 1.28 bits per heavy atom. The maximum absolute atomic E-state index is 9.97. The van der Waals surface area contributed by atoms with Crippen LogP contribution in [0.25, 0.3) is 0 Å². The van der Waals surface area contributed by atoms with E-state index < -0.39 is 17.3 Å². The van der Waals surface area contributed by atoms with Crippen molar-refractivity contribution in [2.45, 2.75) is 30.8 Å². The van der Waals surface area contributed by atoms with Gasteiger partial charge in [0.15, 0.2) is 5.41 Å². The van der Waals surface area contributed by atoms with Crippen LogP contribution in [0, 0.1) is 56.7 Å². The van der Waals surface area contributed by atoms with Gasteiger partial charge in [-0.25, -0.2) is 0 Å². The van der Waals surface area contributed by atoms with Gasteiger partial charge in [-0.05, 0) is 47.9 Å². The van der Waals surface area contributed by atoms with Crippen molar-refractivity contribution in [1.82, 2.24) is 4.90 Å². The number of fused-ring (bicyclic) bond motifs is 4. The molecule has 0 spiro atoms. The zero-order chi connectivity index (χ0) is 17.8. The van der Waals surface area contributed by atoms with E-state index in [2.05, 4.69) is 36.2 Å². The van der Waals surface area contributed by atoms with Crippen LogP contribution in [-0.4, -0.2) is 29.7 Å². The van der Waals surface area contributed by atoms with E-state index in [-0.39, 0.29) is 17.7 Å². The Morgan fingerprint density at radius 2 is 2.04 bits per heavy atom. The van der Waals surface area contributed by atoms with Crippen LogP contribution in [0.1, 0.15) is 24.3 Å². The van der Waals surface area contributed by atoms with E-state index in [0.29, 0.717) is 6.04 Å². The molecule has 1 saturated carbocycles. The summed E-state index contributed by atoms with van der Waals surface area (Å²) in [7, 11) is 2.09. The molecule has 5 unspecified atom stereocenters. The molecule has 124 valence electrons. The third kappa shape index (κ3) is 1.91. The Kier molecular flexibility index (Phi) is 3.55. The summed E-state index contributed by atoms with van der Waals surface area (Å²) in [5.41, 5.74) is 0.252. The molecule has 0 radical (unpaired) electrons. The number of hydrogen-bond donors (Lipinski definition) is 1. The van der Waals surface area contributed by atoms with Crippen LogP contribution in [0.3, 0.4) is 0 Å². The normalized spacial score (nSPS) is 35.8. The van der Waals surface area contributed by atoms with Gasteiger partial charge in [0.25, 0.3) is 0 Å². The maximum Gasteiger partial charge on any atom is 0.189 e. The first-order valence-corrected chi connectivity index (χ1v) is 9.30. The zero-order valence-electron chi connectivity index (χ0n) is 13.8. The molecule has 3 heterocycles. The molecule has 1 N–H and O–H groups in total. The van der Waals surface area contributed by atoms with Gasteiger partial charge in [-0.2, -0.15) is 27.1 Å². The molecular formula is C19H17N5S. The quantitative estimate of drug-likeness (QED) is 0.789. The largest absolute Gasteiger partial charge is 0.305 e. The predicted molar refractivity (Wildman–Crippen MR) is 93.7 cm³/mol. The SMILES string of the molecule is CN1C2C=C3C(C#N)C(=N)C(C#N)(C#N)C(c4ccsc4)C3C1CC2. The lowest BCUT2D eigenvalue weighted by Crippen LogP contribution is -2.55. The molecule has 2 aliphatic heterocycles. The second kappa shape index (κ2) is 5.53. The van der Waals surface area contributed by atoms with E-state index in [1.165, 1.54) is 11.3 Å². The first-order valence-electron chi connectivity index (χ1n) is 8.35. The Labute approximate surface area is 150 Å². The highest BCUT2D eigenvalue weighted by Gasteiger charge is 2.61. The minimum atomic E-state index is -1.58. The average Bonchev–Trinajstić information content (AvgIpc) is 3.21. The molecule has 5 atom stereocenters. The van der Waals surface area contributed by atoms with Crippen molar-refractivity contribution in [3.63, 3.8) is 0 Å². The van der Waals surface area contributed by atoms with Gasteiger partial charge in [-0.3, -0.25) is 4.90 Å². The van der Waals surface area contributed by atoms with E-state index in [4.69, 9.17) is 5.41 Å². The predicted octanol–water partition coefficient (Wildman–Crippen LogP) is 3.06. The number of thiophene rings is 1. The fourth-order valence-corrected chi connectivity index (χ4v) is 5.75. The van der Waals surface area contributed by atoms with Crippen LogP contribution in [0.2, 0.25) is 0 Å². The van der Waals surface area contributed by atoms with Crippen molar-refractivity contribution in [3.8, 4) is 18.2 Å². The molecule has 1 aromatic rings. The Hall–Kier alpha value is -2.46. The van der Waals surface area contributed by atoms with Crippen molar-refractivity contribution >= 4 is 17.0 Å². The molecule has 5 nitrogen and oxygen atoms in total. The van der Waals surface area contributed by atoms with Crippen LogP contribution < -0.4 is 0 Å². The van der Waals surface area contributed by atoms with Crippen molar-refractivity contribution in [2.24, 2.45) is 17.3 Å². The molecule has 2 bridgehead atoms. The Morgan fingerprint density at radius 3 is 2.64 bits per heavy atom. The van der Waals surface area contributed by atoms with Crippen LogP contribution >= 0.6 is 11.3 Å². The molecule has 0 aromatic carbocycles. The summed E-state index contributed by atoms with van der Waals surface area (Å²) in [6, 6.07) is 8.97. The van der Waals surface area contributed by atoms with Crippen molar-refractivity contribution in [2.75, 3.05) is 7.05 Å². The monoisotopic (exact) mass is 347 g/mol. The van der Waals surface area contributed by atoms with Gasteiger partial charge in [-0.15, -0.1) is 0 Å². The molecule has 4 rings (SSSR count). The lowest BCUT2D eigenvalue weighted by atomic mass is 9.53. The lowest BCUT2D eigenvalue weighted by molar-refractivity contribution is 0.157. The first-order chi connectivity index (χ1) is 12.1. The summed E-state index contributed by atoms with van der Waals surface area (Å²) in [6.45, 7) is 0. The minimum absolute atomic E-state index is 0.0531. The van der Waals surface area contributed by atoms with Gasteiger partial charge in [0, 0.05) is 23.9 Å². The summed E-state index contributed by atoms with van der Waals surface area (Å²) in [6.07, 6.45) is 4.15. The Bertz CT molecular complexity index is 864. The number of rotatable bonds is 1. The van der Waals surface area contributed by atoms with E-state index in [1.807, 2.05) is 16.8 Å². The number of hydrogen-bond acceptors (Lipinski definition) is 6. The van der Waals surface area contributed by atoms with E-state index in [1.54, 1.807) is 0 Å². The van der Waals surface area contributed by atoms with E-state index in [9.17, 15) is 15.8 Å². The summed E-state index contributed by atoms with van der Waals surface area (Å²) in [4.78, 5) is 2.32. The number of nitriles is 3. The van der Waals surface area contributed by atoms with Crippen LogP contribution in [-0.2, 0) is 0 Å². The van der Waals surface area contributed by atoms with Gasteiger partial charge in [0.2, 0.25) is 0 Å².